The summed E-state index contributed by atoms with van der Waals surface area (Å²) in [7, 11) is -6.57. The van der Waals surface area contributed by atoms with E-state index in [1.165, 1.54) is 33.1 Å². The molecule has 1 N–H and O–H groups in total. The van der Waals surface area contributed by atoms with E-state index in [2.05, 4.69) is 4.72 Å². The van der Waals surface area contributed by atoms with Crippen LogP contribution in [0.2, 0.25) is 0 Å². The maximum absolute atomic E-state index is 12.7. The summed E-state index contributed by atoms with van der Waals surface area (Å²) in [5, 5.41) is 0. The summed E-state index contributed by atoms with van der Waals surface area (Å²) in [5.41, 5.74) is -1.12. The summed E-state index contributed by atoms with van der Waals surface area (Å²) in [5.74, 6) is -0.905. The van der Waals surface area contributed by atoms with Gasteiger partial charge >= 0.3 is 0 Å². The fourth-order valence-corrected chi connectivity index (χ4v) is 6.23. The zero-order valence-electron chi connectivity index (χ0n) is 16.4. The first-order chi connectivity index (χ1) is 13.0. The number of sulfonamides is 2. The van der Waals surface area contributed by atoms with Gasteiger partial charge in [0.15, 0.2) is 0 Å². The van der Waals surface area contributed by atoms with E-state index < -0.39 is 31.4 Å². The third-order valence-corrected chi connectivity index (χ3v) is 7.72. The molecule has 11 heteroatoms. The zero-order valence-corrected chi connectivity index (χ0v) is 18.0. The van der Waals surface area contributed by atoms with E-state index in [1.807, 2.05) is 6.92 Å². The Bertz CT molecular complexity index is 940. The molecule has 158 valence electrons. The summed E-state index contributed by atoms with van der Waals surface area (Å²) < 4.78 is 63.7. The summed E-state index contributed by atoms with van der Waals surface area (Å²) in [6.45, 7) is 6.00. The van der Waals surface area contributed by atoms with E-state index in [4.69, 9.17) is 9.47 Å². The largest absolute Gasteiger partial charge is 0.495 e. The number of amides is 1. The van der Waals surface area contributed by atoms with Crippen LogP contribution >= 0.6 is 0 Å². The van der Waals surface area contributed by atoms with Crippen molar-refractivity contribution in [3.05, 3.63) is 18.2 Å². The molecule has 2 rings (SSSR count). The van der Waals surface area contributed by atoms with Gasteiger partial charge in [-0.2, -0.15) is 0 Å². The van der Waals surface area contributed by atoms with Crippen molar-refractivity contribution in [1.82, 2.24) is 4.72 Å². The lowest BCUT2D eigenvalue weighted by atomic mass is 9.95. The minimum absolute atomic E-state index is 0.0360. The van der Waals surface area contributed by atoms with Crippen LogP contribution in [0, 0.1) is 5.41 Å². The van der Waals surface area contributed by atoms with Crippen molar-refractivity contribution >= 4 is 31.6 Å². The molecular weight excluding hydrogens is 408 g/mol. The molecule has 1 saturated heterocycles. The van der Waals surface area contributed by atoms with Gasteiger partial charge in [0.25, 0.3) is 0 Å². The van der Waals surface area contributed by atoms with Crippen molar-refractivity contribution in [2.24, 2.45) is 5.41 Å². The molecule has 0 aromatic heterocycles. The Morgan fingerprint density at radius 3 is 2.50 bits per heavy atom. The van der Waals surface area contributed by atoms with Gasteiger partial charge < -0.3 is 9.47 Å². The van der Waals surface area contributed by atoms with Gasteiger partial charge in [0.2, 0.25) is 26.0 Å². The Labute approximate surface area is 166 Å². The lowest BCUT2D eigenvalue weighted by Crippen LogP contribution is -2.33. The topological polar surface area (TPSA) is 119 Å². The predicted octanol–water partition coefficient (Wildman–Crippen LogP) is 1.10. The highest BCUT2D eigenvalue weighted by Gasteiger charge is 2.50. The molecule has 1 aliphatic rings. The quantitative estimate of drug-likeness (QED) is 0.578. The molecule has 1 aromatic rings. The fraction of sp³-hybridized carbons (Fsp3) is 0.588. The van der Waals surface area contributed by atoms with Crippen LogP contribution in [0.4, 0.5) is 5.69 Å². The van der Waals surface area contributed by atoms with Crippen LogP contribution in [0.5, 0.6) is 5.75 Å². The summed E-state index contributed by atoms with van der Waals surface area (Å²) >= 11 is 0. The monoisotopic (exact) mass is 434 g/mol. The third kappa shape index (κ3) is 4.65. The van der Waals surface area contributed by atoms with Gasteiger partial charge in [0.1, 0.15) is 10.6 Å². The number of benzene rings is 1. The Balaban J connectivity index is 2.38. The van der Waals surface area contributed by atoms with Crippen molar-refractivity contribution in [2.75, 3.05) is 36.9 Å². The van der Waals surface area contributed by atoms with Crippen LogP contribution in [0.3, 0.4) is 0 Å². The van der Waals surface area contributed by atoms with Gasteiger partial charge in [-0.05, 0) is 45.4 Å². The van der Waals surface area contributed by atoms with Gasteiger partial charge in [-0.15, -0.1) is 0 Å². The van der Waals surface area contributed by atoms with Crippen molar-refractivity contribution in [2.45, 2.75) is 32.1 Å². The van der Waals surface area contributed by atoms with Gasteiger partial charge in [-0.25, -0.2) is 25.9 Å². The molecular formula is C17H26N2O7S2. The minimum atomic E-state index is -3.99. The van der Waals surface area contributed by atoms with Crippen molar-refractivity contribution < 1.29 is 31.1 Å². The molecule has 0 spiro atoms. The molecule has 0 unspecified atom stereocenters. The molecule has 1 heterocycles. The number of carbonyl (C=O) groups excluding carboxylic acids is 1. The maximum Gasteiger partial charge on any atom is 0.247 e. The SMILES string of the molecule is CCOCCCNS(=O)(=O)c1cc(N2C(=O)C(C)(C)CS2(=O)=O)ccc1OC. The number of anilines is 1. The van der Waals surface area contributed by atoms with Gasteiger partial charge in [-0.3, -0.25) is 4.79 Å². The number of nitrogens with one attached hydrogen (secondary N) is 1. The maximum atomic E-state index is 12.7. The molecule has 0 aliphatic carbocycles. The number of hydrogen-bond acceptors (Lipinski definition) is 7. The first kappa shape index (κ1) is 22.6. The minimum Gasteiger partial charge on any atom is -0.495 e. The highest BCUT2D eigenvalue weighted by Crippen LogP contribution is 2.38. The molecule has 0 bridgehead atoms. The predicted molar refractivity (Wildman–Crippen MR) is 104 cm³/mol. The molecule has 0 radical (unpaired) electrons. The Morgan fingerprint density at radius 2 is 1.96 bits per heavy atom. The second-order valence-corrected chi connectivity index (χ2v) is 10.5. The summed E-state index contributed by atoms with van der Waals surface area (Å²) in [6.07, 6.45) is 0.474. The summed E-state index contributed by atoms with van der Waals surface area (Å²) in [4.78, 5) is 12.3. The average molecular weight is 435 g/mol. The highest BCUT2D eigenvalue weighted by atomic mass is 32.2. The average Bonchev–Trinajstić information content (AvgIpc) is 2.77. The molecule has 1 fully saturated rings. The number of rotatable bonds is 9. The standard InChI is InChI=1S/C17H26N2O7S2/c1-5-26-10-6-9-18-28(23,24)15-11-13(7-8-14(15)25-4)19-16(20)17(2,3)12-27(19,21)22/h7-8,11,18H,5-6,9-10,12H2,1-4H3. The van der Waals surface area contributed by atoms with Crippen LogP contribution < -0.4 is 13.8 Å². The third-order valence-electron chi connectivity index (χ3n) is 4.22. The van der Waals surface area contributed by atoms with E-state index in [-0.39, 0.29) is 28.6 Å². The van der Waals surface area contributed by atoms with E-state index >= 15 is 0 Å². The van der Waals surface area contributed by atoms with E-state index in [9.17, 15) is 21.6 Å². The number of hydrogen-bond donors (Lipinski definition) is 1. The van der Waals surface area contributed by atoms with Crippen LogP contribution in [-0.2, 0) is 29.6 Å². The zero-order chi connectivity index (χ0) is 21.2. The number of carbonyl (C=O) groups is 1. The van der Waals surface area contributed by atoms with Crippen LogP contribution in [0.15, 0.2) is 23.1 Å². The van der Waals surface area contributed by atoms with E-state index in [0.717, 1.165) is 6.07 Å². The van der Waals surface area contributed by atoms with Crippen LogP contribution in [0.1, 0.15) is 27.2 Å². The lowest BCUT2D eigenvalue weighted by Gasteiger charge is -2.19. The Kier molecular flexibility index (Phi) is 6.74. The van der Waals surface area contributed by atoms with Crippen molar-refractivity contribution in [1.29, 1.82) is 0 Å². The second kappa shape index (κ2) is 8.36. The molecule has 28 heavy (non-hydrogen) atoms. The molecule has 1 aromatic carbocycles. The first-order valence-electron chi connectivity index (χ1n) is 8.79. The van der Waals surface area contributed by atoms with Crippen LogP contribution in [-0.4, -0.2) is 55.4 Å². The second-order valence-electron chi connectivity index (χ2n) is 6.99. The normalized spacial score (nSPS) is 18.4. The van der Waals surface area contributed by atoms with Gasteiger partial charge in [0.05, 0.1) is 24.0 Å². The fourth-order valence-electron chi connectivity index (χ4n) is 2.87. The molecule has 0 saturated carbocycles. The van der Waals surface area contributed by atoms with Crippen LogP contribution in [0.25, 0.3) is 0 Å². The summed E-state index contributed by atoms with van der Waals surface area (Å²) in [6, 6.07) is 3.82. The van der Waals surface area contributed by atoms with Gasteiger partial charge in [0, 0.05) is 19.8 Å². The molecule has 9 nitrogen and oxygen atoms in total. The van der Waals surface area contributed by atoms with Gasteiger partial charge in [-0.1, -0.05) is 0 Å². The first-order valence-corrected chi connectivity index (χ1v) is 11.9. The van der Waals surface area contributed by atoms with Crippen molar-refractivity contribution in [3.8, 4) is 5.75 Å². The molecule has 0 atom stereocenters. The number of nitrogens with zero attached hydrogens (tertiary/aromatic N) is 1. The van der Waals surface area contributed by atoms with E-state index in [1.54, 1.807) is 0 Å². The lowest BCUT2D eigenvalue weighted by molar-refractivity contribution is -0.123. The number of ether oxygens (including phenoxy) is 2. The number of methoxy groups -OCH3 is 1. The highest BCUT2D eigenvalue weighted by molar-refractivity contribution is 7.94. The molecule has 1 aliphatic heterocycles. The van der Waals surface area contributed by atoms with E-state index in [0.29, 0.717) is 23.9 Å². The Morgan fingerprint density at radius 1 is 1.29 bits per heavy atom. The van der Waals surface area contributed by atoms with Crippen molar-refractivity contribution in [3.63, 3.8) is 0 Å². The smallest absolute Gasteiger partial charge is 0.247 e. The Hall–Kier alpha value is -1.69. The molecule has 1 amide bonds.